The molecule has 1 fully saturated rings. The molecule has 0 aliphatic carbocycles. The smallest absolute Gasteiger partial charge is 0.133 e. The van der Waals surface area contributed by atoms with Crippen molar-refractivity contribution in [2.45, 2.75) is 59.0 Å². The first kappa shape index (κ1) is 17.0. The average molecular weight is 328 g/mol. The van der Waals surface area contributed by atoms with E-state index in [0.29, 0.717) is 6.04 Å². The van der Waals surface area contributed by atoms with Gasteiger partial charge in [0.05, 0.1) is 13.2 Å². The molecule has 1 aromatic heterocycles. The lowest BCUT2D eigenvalue weighted by molar-refractivity contribution is 0.183. The van der Waals surface area contributed by atoms with E-state index in [4.69, 9.17) is 9.26 Å². The van der Waals surface area contributed by atoms with Gasteiger partial charge in [-0.25, -0.2) is 0 Å². The van der Waals surface area contributed by atoms with E-state index in [1.54, 1.807) is 7.11 Å². The van der Waals surface area contributed by atoms with Gasteiger partial charge in [-0.3, -0.25) is 4.90 Å². The third-order valence-corrected chi connectivity index (χ3v) is 5.08. The number of benzene rings is 1. The van der Waals surface area contributed by atoms with Gasteiger partial charge in [0.15, 0.2) is 0 Å². The summed E-state index contributed by atoms with van der Waals surface area (Å²) in [6.45, 7) is 8.32. The van der Waals surface area contributed by atoms with Crippen molar-refractivity contribution in [1.29, 1.82) is 0 Å². The third-order valence-electron chi connectivity index (χ3n) is 5.08. The first-order valence-electron chi connectivity index (χ1n) is 8.90. The van der Waals surface area contributed by atoms with Gasteiger partial charge in [0.25, 0.3) is 0 Å². The Bertz CT molecular complexity index is 693. The highest BCUT2D eigenvalue weighted by Gasteiger charge is 2.26. The minimum absolute atomic E-state index is 0.353. The fourth-order valence-electron chi connectivity index (χ4n) is 3.69. The van der Waals surface area contributed by atoms with E-state index in [2.05, 4.69) is 42.1 Å². The van der Waals surface area contributed by atoms with Crippen LogP contribution in [0.15, 0.2) is 22.7 Å². The summed E-state index contributed by atoms with van der Waals surface area (Å²) in [5.74, 6) is 1.86. The van der Waals surface area contributed by atoms with Gasteiger partial charge in [0, 0.05) is 12.6 Å². The van der Waals surface area contributed by atoms with E-state index in [1.807, 2.05) is 6.92 Å². The number of aromatic nitrogens is 1. The maximum atomic E-state index is 5.45. The van der Waals surface area contributed by atoms with E-state index >= 15 is 0 Å². The molecule has 1 atom stereocenters. The van der Waals surface area contributed by atoms with Crippen LogP contribution in [0.2, 0.25) is 0 Å². The van der Waals surface area contributed by atoms with Crippen LogP contribution in [0, 0.1) is 20.8 Å². The first-order chi connectivity index (χ1) is 11.6. The van der Waals surface area contributed by atoms with E-state index in [-0.39, 0.29) is 0 Å². The molecular formula is C20H28N2O2. The molecule has 2 aromatic rings. The third kappa shape index (κ3) is 3.64. The number of aryl methyl sites for hydroxylation is 3. The Morgan fingerprint density at radius 2 is 1.96 bits per heavy atom. The van der Waals surface area contributed by atoms with Crippen molar-refractivity contribution in [1.82, 2.24) is 10.1 Å². The normalized spacial score (nSPS) is 19.2. The predicted octanol–water partition coefficient (Wildman–Crippen LogP) is 4.73. The van der Waals surface area contributed by atoms with Crippen molar-refractivity contribution in [2.24, 2.45) is 0 Å². The van der Waals surface area contributed by atoms with Gasteiger partial charge in [-0.2, -0.15) is 0 Å². The summed E-state index contributed by atoms with van der Waals surface area (Å²) >= 11 is 0. The zero-order chi connectivity index (χ0) is 17.1. The number of rotatable bonds is 4. The molecule has 1 saturated heterocycles. The monoisotopic (exact) mass is 328 g/mol. The first-order valence-corrected chi connectivity index (χ1v) is 8.90. The second-order valence-electron chi connectivity index (χ2n) is 6.95. The number of methoxy groups -OCH3 is 1. The number of likely N-dealkylation sites (tertiary alicyclic amines) is 1. The van der Waals surface area contributed by atoms with Crippen molar-refractivity contribution in [3.63, 3.8) is 0 Å². The molecule has 0 saturated carbocycles. The van der Waals surface area contributed by atoms with Crippen LogP contribution in [0.4, 0.5) is 0 Å². The molecule has 1 aliphatic heterocycles. The number of hydrogen-bond donors (Lipinski definition) is 0. The summed E-state index contributed by atoms with van der Waals surface area (Å²) in [6, 6.07) is 6.86. The minimum atomic E-state index is 0.353. The lowest BCUT2D eigenvalue weighted by atomic mass is 10.0. The Morgan fingerprint density at radius 1 is 1.12 bits per heavy atom. The fourth-order valence-corrected chi connectivity index (χ4v) is 3.69. The molecule has 0 spiro atoms. The molecule has 0 unspecified atom stereocenters. The summed E-state index contributed by atoms with van der Waals surface area (Å²) in [4.78, 5) is 2.57. The molecule has 3 rings (SSSR count). The Morgan fingerprint density at radius 3 is 2.67 bits per heavy atom. The standard InChI is InChI=1S/C20H28N2O2/c1-14-11-20(23-4)15(2)10-17(14)13-22-9-7-5-6-8-19(22)18-12-16(3)24-21-18/h10-12,19H,5-9,13H2,1-4H3/t19-/m1/s1. The van der Waals surface area contributed by atoms with Crippen molar-refractivity contribution < 1.29 is 9.26 Å². The molecule has 4 nitrogen and oxygen atoms in total. The van der Waals surface area contributed by atoms with E-state index in [9.17, 15) is 0 Å². The van der Waals surface area contributed by atoms with Crippen LogP contribution in [0.3, 0.4) is 0 Å². The molecule has 1 aliphatic rings. The van der Waals surface area contributed by atoms with Gasteiger partial charge < -0.3 is 9.26 Å². The number of ether oxygens (including phenoxy) is 1. The van der Waals surface area contributed by atoms with Crippen molar-refractivity contribution in [2.75, 3.05) is 13.7 Å². The topological polar surface area (TPSA) is 38.5 Å². The SMILES string of the molecule is COc1cc(C)c(CN2CCCCC[C@@H]2c2cc(C)on2)cc1C. The predicted molar refractivity (Wildman–Crippen MR) is 95.3 cm³/mol. The van der Waals surface area contributed by atoms with Gasteiger partial charge >= 0.3 is 0 Å². The summed E-state index contributed by atoms with van der Waals surface area (Å²) in [6.07, 6.45) is 4.96. The second-order valence-corrected chi connectivity index (χ2v) is 6.95. The van der Waals surface area contributed by atoms with Crippen LogP contribution >= 0.6 is 0 Å². The maximum Gasteiger partial charge on any atom is 0.133 e. The summed E-state index contributed by atoms with van der Waals surface area (Å²) in [7, 11) is 1.74. The quantitative estimate of drug-likeness (QED) is 0.813. The molecule has 4 heteroatoms. The lowest BCUT2D eigenvalue weighted by Gasteiger charge is -2.29. The number of nitrogens with zero attached hydrogens (tertiary/aromatic N) is 2. The van der Waals surface area contributed by atoms with Crippen LogP contribution < -0.4 is 4.74 Å². The molecule has 24 heavy (non-hydrogen) atoms. The van der Waals surface area contributed by atoms with Crippen LogP contribution in [0.25, 0.3) is 0 Å². The molecule has 0 amide bonds. The maximum absolute atomic E-state index is 5.45. The number of hydrogen-bond acceptors (Lipinski definition) is 4. The Kier molecular flexibility index (Phi) is 5.24. The molecular weight excluding hydrogens is 300 g/mol. The summed E-state index contributed by atoms with van der Waals surface area (Å²) < 4.78 is 10.8. The summed E-state index contributed by atoms with van der Waals surface area (Å²) in [5, 5.41) is 4.30. The van der Waals surface area contributed by atoms with Gasteiger partial charge in [0.1, 0.15) is 17.2 Å². The minimum Gasteiger partial charge on any atom is -0.496 e. The van der Waals surface area contributed by atoms with Crippen molar-refractivity contribution in [3.8, 4) is 5.75 Å². The molecule has 0 radical (unpaired) electrons. The zero-order valence-corrected chi connectivity index (χ0v) is 15.3. The fraction of sp³-hybridized carbons (Fsp3) is 0.550. The van der Waals surface area contributed by atoms with Crippen LogP contribution in [0.5, 0.6) is 5.75 Å². The highest BCUT2D eigenvalue weighted by atomic mass is 16.5. The Labute approximate surface area is 144 Å². The zero-order valence-electron chi connectivity index (χ0n) is 15.3. The van der Waals surface area contributed by atoms with Crippen LogP contribution in [0.1, 0.15) is 59.9 Å². The largest absolute Gasteiger partial charge is 0.496 e. The lowest BCUT2D eigenvalue weighted by Crippen LogP contribution is -2.28. The molecule has 2 heterocycles. The average Bonchev–Trinajstić information content (AvgIpc) is 2.85. The van der Waals surface area contributed by atoms with Gasteiger partial charge in [-0.05, 0) is 62.9 Å². The molecule has 0 N–H and O–H groups in total. The Hall–Kier alpha value is -1.81. The van der Waals surface area contributed by atoms with E-state index in [0.717, 1.165) is 36.7 Å². The second kappa shape index (κ2) is 7.39. The molecule has 1 aromatic carbocycles. The van der Waals surface area contributed by atoms with Crippen molar-refractivity contribution in [3.05, 3.63) is 46.3 Å². The van der Waals surface area contributed by atoms with E-state index < -0.39 is 0 Å². The summed E-state index contributed by atoms with van der Waals surface area (Å²) in [5.41, 5.74) is 4.94. The van der Waals surface area contributed by atoms with Gasteiger partial charge in [-0.1, -0.05) is 24.1 Å². The molecule has 0 bridgehead atoms. The highest BCUT2D eigenvalue weighted by molar-refractivity contribution is 5.41. The van der Waals surface area contributed by atoms with Crippen LogP contribution in [-0.2, 0) is 6.54 Å². The Balaban J connectivity index is 1.86. The highest BCUT2D eigenvalue weighted by Crippen LogP contribution is 2.32. The van der Waals surface area contributed by atoms with Gasteiger partial charge in [-0.15, -0.1) is 0 Å². The van der Waals surface area contributed by atoms with Crippen molar-refractivity contribution >= 4 is 0 Å². The van der Waals surface area contributed by atoms with Crippen LogP contribution in [-0.4, -0.2) is 23.7 Å². The van der Waals surface area contributed by atoms with Gasteiger partial charge in [0.2, 0.25) is 0 Å². The molecule has 130 valence electrons. The van der Waals surface area contributed by atoms with E-state index in [1.165, 1.54) is 36.0 Å².